The van der Waals surface area contributed by atoms with Crippen LogP contribution in [-0.4, -0.2) is 42.2 Å². The quantitative estimate of drug-likeness (QED) is 0.594. The Morgan fingerprint density at radius 3 is 2.22 bits per heavy atom. The Morgan fingerprint density at radius 2 is 1.89 bits per heavy atom. The molecule has 0 aromatic heterocycles. The van der Waals surface area contributed by atoms with E-state index in [2.05, 4.69) is 31.1 Å². The van der Waals surface area contributed by atoms with Gasteiger partial charge in [0.05, 0.1) is 12.2 Å². The third kappa shape index (κ3) is 2.97. The highest BCUT2D eigenvalue weighted by Crippen LogP contribution is 2.41. The maximum atomic E-state index is 10.4. The second-order valence-electron chi connectivity index (χ2n) is 6.33. The fourth-order valence-corrected chi connectivity index (χ4v) is 3.11. The van der Waals surface area contributed by atoms with Crippen molar-refractivity contribution in [1.82, 2.24) is 0 Å². The van der Waals surface area contributed by atoms with Crippen molar-refractivity contribution in [3.05, 3.63) is 0 Å². The lowest BCUT2D eigenvalue weighted by Gasteiger charge is -2.34. The standard InChI is InChI=1S/C14H26O3Si/c1-7-14(10(2)13(16)11(3)17-14)12(15)8-9-18(4,5)6/h10-13,15-16H,7H2,1-6H3/t10-,11+,12?,13-,14+/m1/s1. The minimum absolute atomic E-state index is 0.108. The molecule has 0 bridgehead atoms. The van der Waals surface area contributed by atoms with Crippen LogP contribution >= 0.6 is 0 Å². The molecule has 1 rings (SSSR count). The van der Waals surface area contributed by atoms with Gasteiger partial charge in [0.1, 0.15) is 19.8 Å². The van der Waals surface area contributed by atoms with Crippen molar-refractivity contribution in [2.75, 3.05) is 0 Å². The van der Waals surface area contributed by atoms with Crippen LogP contribution in [0.2, 0.25) is 19.6 Å². The molecule has 1 aliphatic heterocycles. The summed E-state index contributed by atoms with van der Waals surface area (Å²) < 4.78 is 5.86. The summed E-state index contributed by atoms with van der Waals surface area (Å²) in [4.78, 5) is 0. The first-order valence-corrected chi connectivity index (χ1v) is 10.2. The number of rotatable bonds is 2. The van der Waals surface area contributed by atoms with Gasteiger partial charge in [-0.2, -0.15) is 0 Å². The summed E-state index contributed by atoms with van der Waals surface area (Å²) in [5.41, 5.74) is 2.45. The first-order chi connectivity index (χ1) is 8.14. The van der Waals surface area contributed by atoms with E-state index in [1.807, 2.05) is 20.8 Å². The normalized spacial score (nSPS) is 38.1. The smallest absolute Gasteiger partial charge is 0.143 e. The van der Waals surface area contributed by atoms with E-state index in [4.69, 9.17) is 4.74 Å². The van der Waals surface area contributed by atoms with E-state index >= 15 is 0 Å². The average molecular weight is 270 g/mol. The molecule has 1 fully saturated rings. The average Bonchev–Trinajstić information content (AvgIpc) is 2.50. The Labute approximate surface area is 112 Å². The van der Waals surface area contributed by atoms with Crippen LogP contribution in [0.4, 0.5) is 0 Å². The van der Waals surface area contributed by atoms with Crippen molar-refractivity contribution in [3.63, 3.8) is 0 Å². The summed E-state index contributed by atoms with van der Waals surface area (Å²) in [5.74, 6) is 2.85. The monoisotopic (exact) mass is 270 g/mol. The molecular formula is C14H26O3Si. The highest BCUT2D eigenvalue weighted by molar-refractivity contribution is 6.83. The van der Waals surface area contributed by atoms with Crippen LogP contribution in [0.3, 0.4) is 0 Å². The molecule has 2 N–H and O–H groups in total. The van der Waals surface area contributed by atoms with E-state index in [9.17, 15) is 10.2 Å². The van der Waals surface area contributed by atoms with Crippen LogP contribution in [0.15, 0.2) is 0 Å². The summed E-state index contributed by atoms with van der Waals surface area (Å²) in [6.07, 6.45) is -0.961. The lowest BCUT2D eigenvalue weighted by Crippen LogP contribution is -2.47. The van der Waals surface area contributed by atoms with Gasteiger partial charge >= 0.3 is 0 Å². The van der Waals surface area contributed by atoms with Gasteiger partial charge in [-0.25, -0.2) is 0 Å². The van der Waals surface area contributed by atoms with E-state index in [0.29, 0.717) is 6.42 Å². The zero-order chi connectivity index (χ0) is 14.1. The van der Waals surface area contributed by atoms with E-state index in [1.165, 1.54) is 0 Å². The molecule has 0 aliphatic carbocycles. The van der Waals surface area contributed by atoms with E-state index < -0.39 is 25.9 Å². The van der Waals surface area contributed by atoms with Gasteiger partial charge in [0.15, 0.2) is 0 Å². The Kier molecular flexibility index (Phi) is 4.66. The van der Waals surface area contributed by atoms with Gasteiger partial charge in [0, 0.05) is 5.92 Å². The van der Waals surface area contributed by atoms with Crippen LogP contribution in [0, 0.1) is 17.4 Å². The number of ether oxygens (including phenoxy) is 1. The molecule has 0 radical (unpaired) electrons. The van der Waals surface area contributed by atoms with E-state index in [-0.39, 0.29) is 12.0 Å². The van der Waals surface area contributed by atoms with Crippen molar-refractivity contribution in [2.45, 2.75) is 70.7 Å². The molecular weight excluding hydrogens is 244 g/mol. The summed E-state index contributed by atoms with van der Waals surface area (Å²) >= 11 is 0. The number of hydrogen-bond acceptors (Lipinski definition) is 3. The lowest BCUT2D eigenvalue weighted by atomic mass is 9.80. The van der Waals surface area contributed by atoms with E-state index in [1.54, 1.807) is 0 Å². The first kappa shape index (κ1) is 15.7. The molecule has 1 saturated heterocycles. The second-order valence-corrected chi connectivity index (χ2v) is 11.1. The molecule has 0 aromatic rings. The molecule has 0 amide bonds. The molecule has 104 valence electrons. The van der Waals surface area contributed by atoms with Gasteiger partial charge in [-0.15, -0.1) is 5.54 Å². The fraction of sp³-hybridized carbons (Fsp3) is 0.857. The molecule has 0 aromatic carbocycles. The van der Waals surface area contributed by atoms with Gasteiger partial charge in [-0.1, -0.05) is 39.4 Å². The molecule has 0 spiro atoms. The first-order valence-electron chi connectivity index (χ1n) is 6.70. The topological polar surface area (TPSA) is 49.7 Å². The van der Waals surface area contributed by atoms with Crippen molar-refractivity contribution in [1.29, 1.82) is 0 Å². The molecule has 1 heterocycles. The molecule has 0 saturated carbocycles. The summed E-state index contributed by atoms with van der Waals surface area (Å²) in [5, 5.41) is 20.4. The Hall–Kier alpha value is -0.343. The van der Waals surface area contributed by atoms with Gasteiger partial charge in [-0.3, -0.25) is 0 Å². The van der Waals surface area contributed by atoms with Crippen molar-refractivity contribution in [2.24, 2.45) is 5.92 Å². The maximum Gasteiger partial charge on any atom is 0.143 e. The minimum Gasteiger partial charge on any atom is -0.390 e. The van der Waals surface area contributed by atoms with Crippen molar-refractivity contribution in [3.8, 4) is 11.5 Å². The zero-order valence-corrected chi connectivity index (χ0v) is 13.3. The van der Waals surface area contributed by atoms with Crippen LogP contribution in [0.1, 0.15) is 27.2 Å². The SMILES string of the molecule is CC[C@]1(C(O)C#C[Si](C)(C)C)O[C@@H](C)[C@H](O)[C@H]1C. The number of aliphatic hydroxyl groups is 2. The van der Waals surface area contributed by atoms with Crippen molar-refractivity contribution < 1.29 is 14.9 Å². The fourth-order valence-electron chi connectivity index (χ4n) is 2.54. The molecule has 3 nitrogen and oxygen atoms in total. The Balaban J connectivity index is 2.99. The number of hydrogen-bond donors (Lipinski definition) is 2. The summed E-state index contributed by atoms with van der Waals surface area (Å²) in [6, 6.07) is 0. The van der Waals surface area contributed by atoms with Gasteiger partial charge < -0.3 is 14.9 Å². The predicted molar refractivity (Wildman–Crippen MR) is 75.9 cm³/mol. The summed E-state index contributed by atoms with van der Waals surface area (Å²) in [6.45, 7) is 12.2. The van der Waals surface area contributed by atoms with Crippen LogP contribution in [0.5, 0.6) is 0 Å². The molecule has 5 atom stereocenters. The van der Waals surface area contributed by atoms with Gasteiger partial charge in [0.25, 0.3) is 0 Å². The van der Waals surface area contributed by atoms with Crippen molar-refractivity contribution >= 4 is 8.07 Å². The number of aliphatic hydroxyl groups excluding tert-OH is 2. The maximum absolute atomic E-state index is 10.4. The van der Waals surface area contributed by atoms with Crippen LogP contribution in [0.25, 0.3) is 0 Å². The minimum atomic E-state index is -1.51. The van der Waals surface area contributed by atoms with E-state index in [0.717, 1.165) is 0 Å². The summed E-state index contributed by atoms with van der Waals surface area (Å²) in [7, 11) is -1.51. The largest absolute Gasteiger partial charge is 0.390 e. The van der Waals surface area contributed by atoms with Gasteiger partial charge in [0.2, 0.25) is 0 Å². The van der Waals surface area contributed by atoms with Gasteiger partial charge in [-0.05, 0) is 13.3 Å². The molecule has 18 heavy (non-hydrogen) atoms. The highest BCUT2D eigenvalue weighted by atomic mass is 28.3. The van der Waals surface area contributed by atoms with Crippen LogP contribution in [-0.2, 0) is 4.74 Å². The van der Waals surface area contributed by atoms with Crippen LogP contribution < -0.4 is 0 Å². The lowest BCUT2D eigenvalue weighted by molar-refractivity contribution is -0.110. The Bertz CT molecular complexity index is 352. The second kappa shape index (κ2) is 5.34. The highest BCUT2D eigenvalue weighted by Gasteiger charge is 2.53. The zero-order valence-electron chi connectivity index (χ0n) is 12.3. The molecule has 1 aliphatic rings. The molecule has 4 heteroatoms. The third-order valence-corrected chi connectivity index (χ3v) is 4.66. The molecule has 1 unspecified atom stereocenters. The third-order valence-electron chi connectivity index (χ3n) is 3.77. The predicted octanol–water partition coefficient (Wildman–Crippen LogP) is 1.79. The Morgan fingerprint density at radius 1 is 1.33 bits per heavy atom.